The molecule has 0 saturated heterocycles. The van der Waals surface area contributed by atoms with E-state index in [2.05, 4.69) is 32.2 Å². The van der Waals surface area contributed by atoms with Crippen molar-refractivity contribution < 1.29 is 84.8 Å². The molecule has 6 aromatic carbocycles. The Labute approximate surface area is 366 Å². The second kappa shape index (κ2) is 18.3. The molecule has 327 valence electrons. The number of nitro benzene ring substituents is 4. The predicted octanol–water partition coefficient (Wildman–Crippen LogP) is 4.96. The van der Waals surface area contributed by atoms with Crippen LogP contribution in [0.1, 0.15) is 1.43 Å². The summed E-state index contributed by atoms with van der Waals surface area (Å²) in [5, 5.41) is 106. The smallest absolute Gasteiger partial charge is 0.871 e. The molecular formula is C33H19CrN10O18S2. The number of azo groups is 2. The van der Waals surface area contributed by atoms with E-state index in [1.54, 1.807) is 0 Å². The number of hydrogen-bond acceptors (Lipinski definition) is 22. The molecule has 0 saturated carbocycles. The fourth-order valence-electron chi connectivity index (χ4n) is 5.40. The molecule has 0 fully saturated rings. The molecule has 0 unspecified atom stereocenters. The molecule has 4 N–H and O–H groups in total. The Morgan fingerprint density at radius 1 is 0.516 bits per heavy atom. The van der Waals surface area contributed by atoms with Crippen LogP contribution in [-0.2, 0) is 37.6 Å². The Hall–Kier alpha value is -8.34. The summed E-state index contributed by atoms with van der Waals surface area (Å²) < 4.78 is 66.1. The van der Waals surface area contributed by atoms with Crippen LogP contribution in [-0.4, -0.2) is 52.4 Å². The second-order valence-corrected chi connectivity index (χ2v) is 14.9. The number of nitrogens with two attached hydrogens (primary N) is 1. The van der Waals surface area contributed by atoms with Crippen LogP contribution in [0.25, 0.3) is 21.5 Å². The van der Waals surface area contributed by atoms with Gasteiger partial charge in [0, 0.05) is 40.1 Å². The number of fused-ring (bicyclic) bond motifs is 2. The van der Waals surface area contributed by atoms with Crippen LogP contribution in [0.3, 0.4) is 0 Å². The zero-order valence-corrected chi connectivity index (χ0v) is 33.8. The Bertz CT molecular complexity index is 3300. The molecular weight excluding hydrogens is 941 g/mol. The van der Waals surface area contributed by atoms with Crippen molar-refractivity contribution in [3.63, 3.8) is 0 Å². The van der Waals surface area contributed by atoms with Gasteiger partial charge in [-0.05, 0) is 53.9 Å². The summed E-state index contributed by atoms with van der Waals surface area (Å²) in [7, 11) is -9.71. The van der Waals surface area contributed by atoms with Crippen LogP contribution in [0.15, 0.2) is 108 Å². The fourth-order valence-corrected chi connectivity index (χ4v) is 6.81. The number of aliphatic imine (C=N–C) groups is 1. The molecule has 6 aromatic rings. The first-order chi connectivity index (χ1) is 29.3. The van der Waals surface area contributed by atoms with Gasteiger partial charge in [0.05, 0.1) is 60.3 Å². The van der Waals surface area contributed by atoms with E-state index in [4.69, 9.17) is 5.73 Å². The molecule has 0 atom stereocenters. The van der Waals surface area contributed by atoms with Gasteiger partial charge in [-0.1, -0.05) is 23.6 Å². The minimum absolute atomic E-state index is 0. The van der Waals surface area contributed by atoms with Crippen molar-refractivity contribution in [1.82, 2.24) is 0 Å². The SMILES string of the molecule is C=Nc1ccc2c([O-])c(N=Nc3cc([N+](=O)[O-])cc([N+](=O)[O-])c3[O-])cc(S(=O)(=O)O)c2c1.Nc1ccc2c([O-])c(N=Nc3cc([N+](=O)[O-])cc([N+](=O)[O-])c3[O-])cc(S(=O)(=O)O)c2c1.[Cr+3].[H+]. The molecule has 0 bridgehead atoms. The first-order valence-electron chi connectivity index (χ1n) is 16.2. The van der Waals surface area contributed by atoms with Crippen LogP contribution < -0.4 is 26.2 Å². The van der Waals surface area contributed by atoms with Gasteiger partial charge in [0.2, 0.25) is 0 Å². The van der Waals surface area contributed by atoms with Gasteiger partial charge in [-0.2, -0.15) is 37.3 Å². The molecule has 0 amide bonds. The number of anilines is 1. The van der Waals surface area contributed by atoms with E-state index < -0.39 is 118 Å². The maximum atomic E-state index is 12.7. The van der Waals surface area contributed by atoms with Crippen molar-refractivity contribution in [2.45, 2.75) is 9.79 Å². The molecule has 64 heavy (non-hydrogen) atoms. The van der Waals surface area contributed by atoms with Gasteiger partial charge in [0.15, 0.2) is 0 Å². The number of benzene rings is 6. The maximum absolute atomic E-state index is 12.7. The van der Waals surface area contributed by atoms with Crippen LogP contribution in [0.4, 0.5) is 56.9 Å². The third kappa shape index (κ3) is 10.1. The Morgan fingerprint density at radius 2 is 0.875 bits per heavy atom. The fraction of sp³-hybridized carbons (Fsp3) is 0. The maximum Gasteiger partial charge on any atom is 3.00 e. The number of nitro groups is 4. The standard InChI is InChI=1S/C17H11N5O9S.C16H11N5O9S.Cr/c1-18-8-2-3-10-11(4-8)15(32(29,30)31)7-13(16(10)23)20-19-12-5-9(21(25)26)6-14(17(12)24)22(27)28;17-7-1-2-9-10(3-7)14(31(28,29)30)6-12(15(9)22)19-18-11-4-8(20(24)25)5-13(16(11)23)21(26)27;/h2-7,23-24H,1H2,(H,29,30,31);1-6,22-23H,17H2,(H,28,29,30);/q;;+3/p-3. The molecule has 0 aliphatic rings. The Balaban J connectivity index is 0.000000335. The average molecular weight is 960 g/mol. The number of non-ortho nitro benzene ring substituents is 2. The quantitative estimate of drug-likeness (QED) is 0.0386. The largest absolute Gasteiger partial charge is 3.00 e. The van der Waals surface area contributed by atoms with E-state index in [9.17, 15) is 86.8 Å². The van der Waals surface area contributed by atoms with E-state index in [-0.39, 0.29) is 51.7 Å². The predicted molar refractivity (Wildman–Crippen MR) is 208 cm³/mol. The van der Waals surface area contributed by atoms with Crippen LogP contribution in [0.2, 0.25) is 0 Å². The van der Waals surface area contributed by atoms with Crippen molar-refractivity contribution >= 4 is 105 Å². The van der Waals surface area contributed by atoms with Gasteiger partial charge >= 0.3 is 18.8 Å². The minimum atomic E-state index is -4.86. The van der Waals surface area contributed by atoms with Crippen molar-refractivity contribution in [3.8, 4) is 23.0 Å². The first-order valence-corrected chi connectivity index (χ1v) is 19.1. The van der Waals surface area contributed by atoms with Gasteiger partial charge in [-0.25, -0.2) is 0 Å². The van der Waals surface area contributed by atoms with E-state index in [1.165, 1.54) is 30.3 Å². The van der Waals surface area contributed by atoms with E-state index in [0.717, 1.165) is 6.07 Å². The number of hydrogen-bond donors (Lipinski definition) is 3. The van der Waals surface area contributed by atoms with Gasteiger partial charge in [0.25, 0.3) is 43.0 Å². The molecule has 6 rings (SSSR count). The zero-order chi connectivity index (χ0) is 46.9. The molecule has 28 nitrogen and oxygen atoms in total. The third-order valence-corrected chi connectivity index (χ3v) is 10.0. The van der Waals surface area contributed by atoms with Crippen molar-refractivity contribution in [1.29, 1.82) is 0 Å². The normalized spacial score (nSPS) is 11.5. The topological polar surface area (TPSA) is 461 Å². The zero-order valence-electron chi connectivity index (χ0n) is 31.9. The summed E-state index contributed by atoms with van der Waals surface area (Å²) in [5.41, 5.74) is -1.00. The molecule has 31 heteroatoms. The van der Waals surface area contributed by atoms with Crippen LogP contribution in [0, 0.1) is 40.5 Å². The monoisotopic (exact) mass is 959 g/mol. The van der Waals surface area contributed by atoms with Crippen molar-refractivity contribution in [3.05, 3.63) is 113 Å². The summed E-state index contributed by atoms with van der Waals surface area (Å²) in [4.78, 5) is 41.7. The Morgan fingerprint density at radius 3 is 1.22 bits per heavy atom. The summed E-state index contributed by atoms with van der Waals surface area (Å²) >= 11 is 0. The van der Waals surface area contributed by atoms with E-state index in [1.807, 2.05) is 0 Å². The first kappa shape index (κ1) is 48.3. The van der Waals surface area contributed by atoms with Crippen molar-refractivity contribution in [2.24, 2.45) is 25.4 Å². The minimum Gasteiger partial charge on any atom is -0.871 e. The molecule has 0 aromatic heterocycles. The molecule has 0 aliphatic carbocycles. The van der Waals surface area contributed by atoms with Crippen LogP contribution in [0.5, 0.6) is 23.0 Å². The Kier molecular flexibility index (Phi) is 13.8. The molecule has 1 radical (unpaired) electrons. The molecule has 0 spiro atoms. The number of rotatable bonds is 11. The van der Waals surface area contributed by atoms with Crippen LogP contribution >= 0.6 is 0 Å². The van der Waals surface area contributed by atoms with Crippen molar-refractivity contribution in [2.75, 3.05) is 5.73 Å². The third-order valence-electron chi connectivity index (χ3n) is 8.22. The van der Waals surface area contributed by atoms with Gasteiger partial charge in [-0.3, -0.25) is 54.6 Å². The van der Waals surface area contributed by atoms with E-state index in [0.29, 0.717) is 36.4 Å². The second-order valence-electron chi connectivity index (χ2n) is 12.1. The number of nitrogens with zero attached hydrogens (tertiary/aromatic N) is 9. The average Bonchev–Trinajstić information content (AvgIpc) is 3.19. The summed E-state index contributed by atoms with van der Waals surface area (Å²) in [6, 6.07) is 10.8. The van der Waals surface area contributed by atoms with Gasteiger partial charge in [-0.15, -0.1) is 0 Å². The summed E-state index contributed by atoms with van der Waals surface area (Å²) in [6.45, 7) is 3.28. The molecule has 0 heterocycles. The summed E-state index contributed by atoms with van der Waals surface area (Å²) in [6.07, 6.45) is 0. The number of nitrogen functional groups attached to an aromatic ring is 1. The summed E-state index contributed by atoms with van der Waals surface area (Å²) in [5.74, 6) is -4.35. The van der Waals surface area contributed by atoms with Gasteiger partial charge < -0.3 is 26.2 Å². The van der Waals surface area contributed by atoms with E-state index >= 15 is 0 Å². The molecule has 0 aliphatic heterocycles. The van der Waals surface area contributed by atoms with Gasteiger partial charge in [0.1, 0.15) is 9.79 Å².